The van der Waals surface area contributed by atoms with Gasteiger partial charge in [0.2, 0.25) is 5.56 Å². The number of halogens is 1. The molecule has 224 valence electrons. The zero-order valence-electron chi connectivity index (χ0n) is 24.7. The van der Waals surface area contributed by atoms with Gasteiger partial charge in [-0.3, -0.25) is 9.59 Å². The topological polar surface area (TPSA) is 135 Å². The van der Waals surface area contributed by atoms with Crippen LogP contribution in [0.3, 0.4) is 0 Å². The first-order chi connectivity index (χ1) is 18.8. The molecule has 9 heteroatoms. The molecule has 2 aliphatic carbocycles. The van der Waals surface area contributed by atoms with Gasteiger partial charge in [0.15, 0.2) is 6.29 Å². The van der Waals surface area contributed by atoms with Crippen LogP contribution >= 0.6 is 11.6 Å². The third-order valence-electron chi connectivity index (χ3n) is 6.39. The number of aryl methyl sites for hydroxylation is 1. The van der Waals surface area contributed by atoms with Gasteiger partial charge in [-0.2, -0.15) is 0 Å². The number of hydrogen-bond donors (Lipinski definition) is 4. The summed E-state index contributed by atoms with van der Waals surface area (Å²) in [4.78, 5) is 34.6. The first-order valence-corrected chi connectivity index (χ1v) is 14.5. The number of phenolic OH excluding ortho intramolecular Hbond substituents is 1. The van der Waals surface area contributed by atoms with E-state index in [-0.39, 0.29) is 28.0 Å². The SMILES string of the molecule is C[C@H]1CCC[C@@H](NC(=O)OC(C)(C)C)C1.Cc1ccc(=O)[nH]c1.NC1CCCCC1.O=Cc1c(O)cccc1Cl. The zero-order valence-corrected chi connectivity index (χ0v) is 25.4. The number of ether oxygens (including phenoxy) is 1. The predicted molar refractivity (Wildman–Crippen MR) is 162 cm³/mol. The molecule has 2 aromatic rings. The van der Waals surface area contributed by atoms with Gasteiger partial charge in [-0.1, -0.05) is 62.8 Å². The van der Waals surface area contributed by atoms with E-state index >= 15 is 0 Å². The molecule has 0 spiro atoms. The molecule has 1 heterocycles. The fourth-order valence-electron chi connectivity index (χ4n) is 4.30. The monoisotopic (exact) mass is 577 g/mol. The second kappa shape index (κ2) is 18.5. The zero-order chi connectivity index (χ0) is 30.1. The molecule has 5 N–H and O–H groups in total. The minimum Gasteiger partial charge on any atom is -0.507 e. The molecule has 2 fully saturated rings. The summed E-state index contributed by atoms with van der Waals surface area (Å²) in [5.74, 6) is 0.640. The number of H-pyrrole nitrogens is 1. The van der Waals surface area contributed by atoms with Crippen LogP contribution in [0.5, 0.6) is 5.75 Å². The minimum atomic E-state index is -0.398. The number of phenols is 1. The van der Waals surface area contributed by atoms with Gasteiger partial charge in [-0.05, 0) is 77.0 Å². The highest BCUT2D eigenvalue weighted by Crippen LogP contribution is 2.24. The molecule has 0 bridgehead atoms. The third kappa shape index (κ3) is 16.3. The molecule has 0 unspecified atom stereocenters. The van der Waals surface area contributed by atoms with E-state index in [1.165, 1.54) is 57.1 Å². The van der Waals surface area contributed by atoms with Gasteiger partial charge in [-0.25, -0.2) is 4.79 Å². The lowest BCUT2D eigenvalue weighted by Crippen LogP contribution is -2.41. The maximum Gasteiger partial charge on any atom is 0.407 e. The van der Waals surface area contributed by atoms with Crippen LogP contribution in [-0.4, -0.2) is 40.2 Å². The Morgan fingerprint density at radius 2 is 1.77 bits per heavy atom. The Morgan fingerprint density at radius 3 is 2.20 bits per heavy atom. The molecule has 1 aromatic carbocycles. The van der Waals surface area contributed by atoms with Crippen molar-refractivity contribution in [3.05, 3.63) is 63.0 Å². The van der Waals surface area contributed by atoms with Crippen LogP contribution in [0.2, 0.25) is 5.02 Å². The number of aromatic amines is 1. The maximum absolute atomic E-state index is 11.5. The molecule has 0 aliphatic heterocycles. The van der Waals surface area contributed by atoms with E-state index in [9.17, 15) is 14.4 Å². The van der Waals surface area contributed by atoms with Crippen LogP contribution in [0.15, 0.2) is 41.3 Å². The molecule has 1 amide bonds. The molecular formula is C31H48ClN3O5. The minimum absolute atomic E-state index is 0.0457. The number of alkyl carbamates (subject to hydrolysis) is 1. The van der Waals surface area contributed by atoms with E-state index in [1.54, 1.807) is 24.4 Å². The summed E-state index contributed by atoms with van der Waals surface area (Å²) in [7, 11) is 0. The first-order valence-electron chi connectivity index (χ1n) is 14.1. The molecule has 0 saturated heterocycles. The molecular weight excluding hydrogens is 530 g/mol. The number of carbonyl (C=O) groups is 2. The summed E-state index contributed by atoms with van der Waals surface area (Å²) in [6, 6.07) is 8.66. The smallest absolute Gasteiger partial charge is 0.407 e. The number of amides is 1. The molecule has 8 nitrogen and oxygen atoms in total. The highest BCUT2D eigenvalue weighted by Gasteiger charge is 2.23. The Morgan fingerprint density at radius 1 is 1.10 bits per heavy atom. The lowest BCUT2D eigenvalue weighted by Gasteiger charge is -2.28. The fourth-order valence-corrected chi connectivity index (χ4v) is 4.52. The number of rotatable bonds is 2. The lowest BCUT2D eigenvalue weighted by molar-refractivity contribution is 0.0486. The molecule has 2 saturated carbocycles. The molecule has 2 atom stereocenters. The number of pyridine rings is 1. The largest absolute Gasteiger partial charge is 0.507 e. The van der Waals surface area contributed by atoms with Gasteiger partial charge in [0.1, 0.15) is 11.4 Å². The Kier molecular flexibility index (Phi) is 16.3. The highest BCUT2D eigenvalue weighted by molar-refractivity contribution is 6.33. The number of nitrogens with one attached hydrogen (secondary N) is 2. The predicted octanol–water partition coefficient (Wildman–Crippen LogP) is 6.91. The second-order valence-corrected chi connectivity index (χ2v) is 11.9. The number of aldehydes is 1. The first kappa shape index (κ1) is 35.2. The Hall–Kier alpha value is -2.84. The summed E-state index contributed by atoms with van der Waals surface area (Å²) in [5.41, 5.74) is 6.41. The third-order valence-corrected chi connectivity index (χ3v) is 6.72. The number of aromatic hydroxyl groups is 1. The number of aromatic nitrogens is 1. The van der Waals surface area contributed by atoms with Crippen molar-refractivity contribution in [2.45, 2.75) is 110 Å². The van der Waals surface area contributed by atoms with E-state index in [2.05, 4.69) is 17.2 Å². The Balaban J connectivity index is 0.000000279. The van der Waals surface area contributed by atoms with Crippen LogP contribution in [0.4, 0.5) is 4.79 Å². The van der Waals surface area contributed by atoms with Gasteiger partial charge < -0.3 is 25.9 Å². The van der Waals surface area contributed by atoms with Crippen LogP contribution in [0.25, 0.3) is 0 Å². The van der Waals surface area contributed by atoms with E-state index in [0.717, 1.165) is 24.3 Å². The van der Waals surface area contributed by atoms with Crippen LogP contribution < -0.4 is 16.6 Å². The van der Waals surface area contributed by atoms with Gasteiger partial charge >= 0.3 is 6.09 Å². The van der Waals surface area contributed by atoms with Crippen molar-refractivity contribution in [2.24, 2.45) is 11.7 Å². The summed E-state index contributed by atoms with van der Waals surface area (Å²) >= 11 is 5.54. The summed E-state index contributed by atoms with van der Waals surface area (Å²) in [6.45, 7) is 9.82. The molecule has 40 heavy (non-hydrogen) atoms. The standard InChI is InChI=1S/C12H23NO2.C7H5ClO2.C6H7NO.C6H13N/c1-9-6-5-7-10(8-9)13-11(14)15-12(2,3)4;8-6-2-1-3-7(10)5(6)4-9;1-5-2-3-6(8)7-4-5;7-6-4-2-1-3-5-6/h9-10H,5-8H2,1-4H3,(H,13,14);1-4,10H;2-4H,1H3,(H,7,8);6H,1-5,7H2/t9-,10+;;;/m0.../s1. The van der Waals surface area contributed by atoms with Crippen molar-refractivity contribution in [3.8, 4) is 5.75 Å². The number of hydrogen-bond acceptors (Lipinski definition) is 6. The highest BCUT2D eigenvalue weighted by atomic mass is 35.5. The number of nitrogens with two attached hydrogens (primary N) is 1. The average Bonchev–Trinajstić information content (AvgIpc) is 2.86. The summed E-state index contributed by atoms with van der Waals surface area (Å²) < 4.78 is 5.23. The fraction of sp³-hybridized carbons (Fsp3) is 0.581. The van der Waals surface area contributed by atoms with Crippen LogP contribution in [0, 0.1) is 12.8 Å². The van der Waals surface area contributed by atoms with Crippen LogP contribution in [-0.2, 0) is 4.74 Å². The summed E-state index contributed by atoms with van der Waals surface area (Å²) in [5, 5.41) is 12.2. The number of benzene rings is 1. The lowest BCUT2D eigenvalue weighted by atomic mass is 9.87. The maximum atomic E-state index is 11.5. The van der Waals surface area contributed by atoms with Crippen molar-refractivity contribution in [1.29, 1.82) is 0 Å². The number of carbonyl (C=O) groups excluding carboxylic acids is 2. The van der Waals surface area contributed by atoms with E-state index in [0.29, 0.717) is 18.4 Å². The normalized spacial score (nSPS) is 18.8. The van der Waals surface area contributed by atoms with Gasteiger partial charge in [0.25, 0.3) is 0 Å². The van der Waals surface area contributed by atoms with Gasteiger partial charge in [-0.15, -0.1) is 0 Å². The van der Waals surface area contributed by atoms with Gasteiger partial charge in [0.05, 0.1) is 10.6 Å². The molecule has 2 aliphatic rings. The molecule has 4 rings (SSSR count). The van der Waals surface area contributed by atoms with E-state index in [4.69, 9.17) is 27.2 Å². The quantitative estimate of drug-likeness (QED) is 0.286. The average molecular weight is 578 g/mol. The van der Waals surface area contributed by atoms with Crippen LogP contribution in [0.1, 0.15) is 101 Å². The Labute approximate surface area is 244 Å². The summed E-state index contributed by atoms with van der Waals surface area (Å²) in [6.07, 6.45) is 13.3. The van der Waals surface area contributed by atoms with E-state index in [1.807, 2.05) is 27.7 Å². The van der Waals surface area contributed by atoms with Crippen molar-refractivity contribution < 1.29 is 19.4 Å². The van der Waals surface area contributed by atoms with Crippen molar-refractivity contribution >= 4 is 24.0 Å². The van der Waals surface area contributed by atoms with Crippen molar-refractivity contribution in [2.75, 3.05) is 0 Å². The van der Waals surface area contributed by atoms with Crippen molar-refractivity contribution in [3.63, 3.8) is 0 Å². The van der Waals surface area contributed by atoms with Gasteiger partial charge in [0, 0.05) is 24.3 Å². The molecule has 1 aromatic heterocycles. The molecule has 0 radical (unpaired) electrons. The van der Waals surface area contributed by atoms with E-state index < -0.39 is 5.60 Å². The van der Waals surface area contributed by atoms with Crippen molar-refractivity contribution in [1.82, 2.24) is 10.3 Å². The Bertz CT molecular complexity index is 1040. The second-order valence-electron chi connectivity index (χ2n) is 11.5.